The zero-order valence-corrected chi connectivity index (χ0v) is 9.11. The Morgan fingerprint density at radius 1 is 1.13 bits per heavy atom. The van der Waals surface area contributed by atoms with Crippen molar-refractivity contribution in [1.82, 2.24) is 5.01 Å². The number of aryl methyl sites for hydroxylation is 1. The van der Waals surface area contributed by atoms with E-state index < -0.39 is 0 Å². The van der Waals surface area contributed by atoms with E-state index in [-0.39, 0.29) is 0 Å². The molecule has 82 valence electrons. The van der Waals surface area contributed by atoms with Crippen LogP contribution in [-0.2, 0) is 0 Å². The molecule has 0 amide bonds. The second kappa shape index (κ2) is 4.08. The molecule has 1 heterocycles. The highest BCUT2D eigenvalue weighted by Gasteiger charge is 2.16. The van der Waals surface area contributed by atoms with Crippen molar-refractivity contribution >= 4 is 11.4 Å². The van der Waals surface area contributed by atoms with Crippen molar-refractivity contribution in [1.29, 1.82) is 0 Å². The summed E-state index contributed by atoms with van der Waals surface area (Å²) in [5.41, 5.74) is 9.20. The molecule has 0 aromatic heterocycles. The van der Waals surface area contributed by atoms with Gasteiger partial charge in [0.2, 0.25) is 0 Å². The number of benzene rings is 1. The van der Waals surface area contributed by atoms with Crippen LogP contribution in [0, 0.1) is 6.92 Å². The van der Waals surface area contributed by atoms with Crippen LogP contribution in [0.2, 0.25) is 0 Å². The molecule has 0 unspecified atom stereocenters. The molecule has 0 saturated carbocycles. The van der Waals surface area contributed by atoms with Crippen LogP contribution >= 0.6 is 0 Å². The van der Waals surface area contributed by atoms with Gasteiger partial charge in [0.15, 0.2) is 0 Å². The van der Waals surface area contributed by atoms with Crippen LogP contribution in [0.3, 0.4) is 0 Å². The molecule has 0 radical (unpaired) electrons. The van der Waals surface area contributed by atoms with Gasteiger partial charge in [-0.2, -0.15) is 0 Å². The molecular formula is C11H18N4. The molecule has 1 aliphatic rings. The summed E-state index contributed by atoms with van der Waals surface area (Å²) in [4.78, 5) is 2.29. The summed E-state index contributed by atoms with van der Waals surface area (Å²) in [6, 6.07) is 6.21. The van der Waals surface area contributed by atoms with Crippen LogP contribution in [0.15, 0.2) is 18.2 Å². The zero-order chi connectivity index (χ0) is 10.8. The van der Waals surface area contributed by atoms with Crippen LogP contribution in [-0.4, -0.2) is 31.2 Å². The molecule has 4 nitrogen and oxygen atoms in total. The average molecular weight is 206 g/mol. The van der Waals surface area contributed by atoms with E-state index in [2.05, 4.69) is 24.0 Å². The second-order valence-corrected chi connectivity index (χ2v) is 4.09. The molecule has 1 saturated heterocycles. The molecule has 1 aromatic rings. The van der Waals surface area contributed by atoms with Gasteiger partial charge in [-0.3, -0.25) is 5.84 Å². The van der Waals surface area contributed by atoms with E-state index >= 15 is 0 Å². The fourth-order valence-electron chi connectivity index (χ4n) is 1.92. The minimum Gasteiger partial charge on any atom is -0.397 e. The van der Waals surface area contributed by atoms with E-state index in [0.29, 0.717) is 0 Å². The number of hydrogen-bond acceptors (Lipinski definition) is 4. The van der Waals surface area contributed by atoms with E-state index in [4.69, 9.17) is 11.6 Å². The maximum Gasteiger partial charge on any atom is 0.0601 e. The van der Waals surface area contributed by atoms with E-state index in [1.54, 1.807) is 0 Å². The van der Waals surface area contributed by atoms with Gasteiger partial charge in [-0.15, -0.1) is 0 Å². The van der Waals surface area contributed by atoms with Crippen molar-refractivity contribution < 1.29 is 0 Å². The summed E-state index contributed by atoms with van der Waals surface area (Å²) < 4.78 is 0. The number of anilines is 2. The molecule has 4 N–H and O–H groups in total. The summed E-state index contributed by atoms with van der Waals surface area (Å²) in [6.45, 7) is 5.74. The number of rotatable bonds is 1. The second-order valence-electron chi connectivity index (χ2n) is 4.09. The van der Waals surface area contributed by atoms with E-state index in [9.17, 15) is 0 Å². The number of hydrogen-bond donors (Lipinski definition) is 2. The third kappa shape index (κ3) is 2.22. The molecule has 1 aliphatic heterocycles. The summed E-state index contributed by atoms with van der Waals surface area (Å²) in [5.74, 6) is 5.71. The van der Waals surface area contributed by atoms with Crippen LogP contribution < -0.4 is 16.5 Å². The first-order valence-corrected chi connectivity index (χ1v) is 5.27. The van der Waals surface area contributed by atoms with Gasteiger partial charge in [0.1, 0.15) is 0 Å². The van der Waals surface area contributed by atoms with Gasteiger partial charge in [-0.1, -0.05) is 6.07 Å². The van der Waals surface area contributed by atoms with Gasteiger partial charge in [0.25, 0.3) is 0 Å². The molecule has 0 aliphatic carbocycles. The average Bonchev–Trinajstić information content (AvgIpc) is 2.20. The molecule has 15 heavy (non-hydrogen) atoms. The van der Waals surface area contributed by atoms with Crippen molar-refractivity contribution in [3.8, 4) is 0 Å². The number of nitrogens with two attached hydrogens (primary N) is 2. The third-order valence-corrected chi connectivity index (χ3v) is 2.84. The molecule has 1 aromatic carbocycles. The van der Waals surface area contributed by atoms with E-state index in [1.807, 2.05) is 11.1 Å². The minimum atomic E-state index is 0.862. The predicted octanol–water partition coefficient (Wildman–Crippen LogP) is 0.573. The Hall–Kier alpha value is -1.26. The maximum atomic E-state index is 6.00. The smallest absolute Gasteiger partial charge is 0.0601 e. The summed E-state index contributed by atoms with van der Waals surface area (Å²) >= 11 is 0. The van der Waals surface area contributed by atoms with E-state index in [1.165, 1.54) is 5.56 Å². The van der Waals surface area contributed by atoms with Crippen molar-refractivity contribution in [3.05, 3.63) is 23.8 Å². The summed E-state index contributed by atoms with van der Waals surface area (Å²) in [6.07, 6.45) is 0. The Morgan fingerprint density at radius 2 is 1.80 bits per heavy atom. The molecule has 0 atom stereocenters. The van der Waals surface area contributed by atoms with Crippen LogP contribution in [0.1, 0.15) is 5.56 Å². The quantitative estimate of drug-likeness (QED) is 0.521. The lowest BCUT2D eigenvalue weighted by atomic mass is 10.1. The normalized spacial score (nSPS) is 18.1. The Kier molecular flexibility index (Phi) is 2.79. The Bertz CT molecular complexity index is 342. The topological polar surface area (TPSA) is 58.5 Å². The van der Waals surface area contributed by atoms with Gasteiger partial charge in [0.05, 0.1) is 11.4 Å². The van der Waals surface area contributed by atoms with E-state index in [0.717, 1.165) is 37.6 Å². The molecular weight excluding hydrogens is 188 g/mol. The Morgan fingerprint density at radius 3 is 2.40 bits per heavy atom. The highest BCUT2D eigenvalue weighted by atomic mass is 15.4. The minimum absolute atomic E-state index is 0.862. The number of piperazine rings is 1. The molecule has 4 heteroatoms. The summed E-state index contributed by atoms with van der Waals surface area (Å²) in [5, 5.41) is 1.85. The highest BCUT2D eigenvalue weighted by molar-refractivity contribution is 5.68. The van der Waals surface area contributed by atoms with Crippen molar-refractivity contribution in [3.63, 3.8) is 0 Å². The monoisotopic (exact) mass is 206 g/mol. The standard InChI is InChI=1S/C11H18N4/c1-9-2-3-11(10(12)8-9)14-4-6-15(13)7-5-14/h2-3,8H,4-7,12-13H2,1H3. The highest BCUT2D eigenvalue weighted by Crippen LogP contribution is 2.24. The fraction of sp³-hybridized carbons (Fsp3) is 0.455. The molecule has 0 bridgehead atoms. The first-order chi connectivity index (χ1) is 7.16. The number of nitrogens with zero attached hydrogens (tertiary/aromatic N) is 2. The lowest BCUT2D eigenvalue weighted by molar-refractivity contribution is 0.266. The SMILES string of the molecule is Cc1ccc(N2CCN(N)CC2)c(N)c1. The number of nitrogen functional groups attached to an aromatic ring is 1. The lowest BCUT2D eigenvalue weighted by Crippen LogP contribution is -2.49. The first kappa shape index (κ1) is 10.3. The number of hydrazine groups is 1. The molecule has 0 spiro atoms. The molecule has 1 fully saturated rings. The predicted molar refractivity (Wildman–Crippen MR) is 63.6 cm³/mol. The molecule has 2 rings (SSSR count). The van der Waals surface area contributed by atoms with Gasteiger partial charge < -0.3 is 10.6 Å². The van der Waals surface area contributed by atoms with Gasteiger partial charge in [0, 0.05) is 26.2 Å². The first-order valence-electron chi connectivity index (χ1n) is 5.27. The van der Waals surface area contributed by atoms with Crippen molar-refractivity contribution in [2.75, 3.05) is 36.8 Å². The van der Waals surface area contributed by atoms with Crippen molar-refractivity contribution in [2.24, 2.45) is 5.84 Å². The maximum absolute atomic E-state index is 6.00. The van der Waals surface area contributed by atoms with Gasteiger partial charge >= 0.3 is 0 Å². The van der Waals surface area contributed by atoms with Gasteiger partial charge in [-0.25, -0.2) is 5.01 Å². The Balaban J connectivity index is 2.15. The van der Waals surface area contributed by atoms with Crippen LogP contribution in [0.5, 0.6) is 0 Å². The Labute approximate surface area is 90.4 Å². The third-order valence-electron chi connectivity index (χ3n) is 2.84. The zero-order valence-electron chi connectivity index (χ0n) is 9.11. The fourth-order valence-corrected chi connectivity index (χ4v) is 1.92. The lowest BCUT2D eigenvalue weighted by Gasteiger charge is -2.34. The largest absolute Gasteiger partial charge is 0.397 e. The summed E-state index contributed by atoms with van der Waals surface area (Å²) in [7, 11) is 0. The van der Waals surface area contributed by atoms with Crippen molar-refractivity contribution in [2.45, 2.75) is 6.92 Å². The van der Waals surface area contributed by atoms with Crippen LogP contribution in [0.4, 0.5) is 11.4 Å². The van der Waals surface area contributed by atoms with Gasteiger partial charge in [-0.05, 0) is 24.6 Å². The van der Waals surface area contributed by atoms with Crippen LogP contribution in [0.25, 0.3) is 0 Å².